The summed E-state index contributed by atoms with van der Waals surface area (Å²) in [5, 5.41) is 29.4. The van der Waals surface area contributed by atoms with Gasteiger partial charge in [-0.15, -0.1) is 0 Å². The summed E-state index contributed by atoms with van der Waals surface area (Å²) in [7, 11) is -3.55. The molecule has 0 bridgehead atoms. The van der Waals surface area contributed by atoms with Gasteiger partial charge in [-0.05, 0) is 110 Å². The van der Waals surface area contributed by atoms with Crippen LogP contribution in [0.15, 0.2) is 23.2 Å². The number of aliphatic hydroxyl groups excluding tert-OH is 3. The van der Waals surface area contributed by atoms with Gasteiger partial charge in [0.15, 0.2) is 17.6 Å². The number of carbonyl (C=O) groups is 3. The first kappa shape index (κ1) is 37.5. The van der Waals surface area contributed by atoms with Crippen LogP contribution in [0, 0.1) is 50.2 Å². The standard InChI is InChI=1S/C37H55O12P/c1-32(2)24-9-12-37(7)29(22(39)17-20-21-18-34(4,31(43)46-8)14-13-33(21,3)15-16-36(20,37)6)35(24,5)11-10-25(32)48-50(44,45)49-28-26(41)27(23(40)19-38)47-30(28)42/h17,21,23-25,27,29,38,40-41H,9-16,18-19H2,1-8H3,(H,44,45)/t21-,23-,24-,25-,27+,29?,33+,34-,35-,36+,37+/m0/s1. The van der Waals surface area contributed by atoms with Gasteiger partial charge in [0, 0.05) is 5.92 Å². The third-order valence-electron chi connectivity index (χ3n) is 15.1. The highest BCUT2D eigenvalue weighted by molar-refractivity contribution is 7.47. The van der Waals surface area contributed by atoms with E-state index >= 15 is 0 Å². The van der Waals surface area contributed by atoms with Crippen LogP contribution in [-0.2, 0) is 37.5 Å². The molecule has 4 saturated carbocycles. The molecule has 0 spiro atoms. The maximum Gasteiger partial charge on any atom is 0.528 e. The molecule has 50 heavy (non-hydrogen) atoms. The summed E-state index contributed by atoms with van der Waals surface area (Å²) in [5.41, 5.74) is -1.15. The summed E-state index contributed by atoms with van der Waals surface area (Å²) in [5.74, 6) is -3.43. The van der Waals surface area contributed by atoms with Crippen LogP contribution in [0.3, 0.4) is 0 Å². The first-order valence-electron chi connectivity index (χ1n) is 18.0. The van der Waals surface area contributed by atoms with Crippen molar-refractivity contribution >= 4 is 25.5 Å². The number of aliphatic hydroxyl groups is 3. The second kappa shape index (κ2) is 11.9. The SMILES string of the molecule is COC(=O)[C@@]1(C)CC[C@]2(C)CC[C@]3(C)C(=CC(=O)C4[C@@]5(C)CC[C@H](OP(=O)(O)OC6=C(O)[C@@H]([C@@H](O)CO)OC6=O)C(C)(C)[C@@H]5CC[C@]43C)[C@@H]2C1. The van der Waals surface area contributed by atoms with E-state index in [4.69, 9.17) is 18.5 Å². The summed E-state index contributed by atoms with van der Waals surface area (Å²) in [6.07, 6.45) is 4.64. The number of esters is 2. The zero-order valence-corrected chi connectivity index (χ0v) is 31.5. The molecule has 2 unspecified atom stereocenters. The van der Waals surface area contributed by atoms with Crippen LogP contribution in [0.1, 0.15) is 106 Å². The normalized spacial score (nSPS) is 45.5. The fourth-order valence-electron chi connectivity index (χ4n) is 12.0. The van der Waals surface area contributed by atoms with Gasteiger partial charge in [-0.2, -0.15) is 0 Å². The number of hydrogen-bond donors (Lipinski definition) is 4. The van der Waals surface area contributed by atoms with E-state index in [1.54, 1.807) is 0 Å². The summed E-state index contributed by atoms with van der Waals surface area (Å²) in [6, 6.07) is 0. The highest BCUT2D eigenvalue weighted by Crippen LogP contribution is 2.75. The third-order valence-corrected chi connectivity index (χ3v) is 16.1. The van der Waals surface area contributed by atoms with Crippen molar-refractivity contribution in [3.63, 3.8) is 0 Å². The number of ketones is 1. The minimum absolute atomic E-state index is 0.00275. The summed E-state index contributed by atoms with van der Waals surface area (Å²) in [6.45, 7) is 14.3. The van der Waals surface area contributed by atoms with E-state index in [1.807, 2.05) is 26.8 Å². The molecule has 0 radical (unpaired) electrons. The average molecular weight is 723 g/mol. The number of phosphoric ester groups is 1. The van der Waals surface area contributed by atoms with Crippen molar-refractivity contribution in [3.05, 3.63) is 23.2 Å². The molecule has 1 heterocycles. The first-order valence-corrected chi connectivity index (χ1v) is 19.5. The predicted octanol–water partition coefficient (Wildman–Crippen LogP) is 5.69. The number of hydrogen-bond acceptors (Lipinski definition) is 11. The number of ether oxygens (including phenoxy) is 2. The third kappa shape index (κ3) is 5.28. The average Bonchev–Trinajstić information content (AvgIpc) is 3.31. The molecular formula is C37H55O12P. The molecule has 6 aliphatic rings. The molecule has 12 atom stereocenters. The van der Waals surface area contributed by atoms with Gasteiger partial charge >= 0.3 is 19.8 Å². The van der Waals surface area contributed by atoms with Gasteiger partial charge in [0.2, 0.25) is 0 Å². The highest BCUT2D eigenvalue weighted by atomic mass is 31.2. The fourth-order valence-corrected chi connectivity index (χ4v) is 13.1. The van der Waals surface area contributed by atoms with Gasteiger partial charge in [0.05, 0.1) is 25.2 Å². The Hall–Kier alpha value is -2.24. The molecule has 0 aromatic carbocycles. The Morgan fingerprint density at radius 3 is 2.32 bits per heavy atom. The summed E-state index contributed by atoms with van der Waals surface area (Å²) >= 11 is 0. The molecular weight excluding hydrogens is 667 g/mol. The minimum Gasteiger partial charge on any atom is -0.505 e. The second-order valence-corrected chi connectivity index (χ2v) is 19.4. The predicted molar refractivity (Wildman–Crippen MR) is 180 cm³/mol. The summed E-state index contributed by atoms with van der Waals surface area (Å²) in [4.78, 5) is 50.8. The molecule has 13 heteroatoms. The largest absolute Gasteiger partial charge is 0.528 e. The number of fused-ring (bicyclic) bond motifs is 7. The monoisotopic (exact) mass is 722 g/mol. The summed E-state index contributed by atoms with van der Waals surface area (Å²) < 4.78 is 34.2. The molecule has 4 fully saturated rings. The van der Waals surface area contributed by atoms with Crippen LogP contribution in [0.2, 0.25) is 0 Å². The maximum absolute atomic E-state index is 14.7. The fraction of sp³-hybridized carbons (Fsp3) is 0.811. The Morgan fingerprint density at radius 2 is 1.68 bits per heavy atom. The van der Waals surface area contributed by atoms with Crippen molar-refractivity contribution in [1.29, 1.82) is 0 Å². The van der Waals surface area contributed by atoms with Crippen LogP contribution >= 0.6 is 7.82 Å². The van der Waals surface area contributed by atoms with Gasteiger partial charge in [0.25, 0.3) is 5.76 Å². The molecule has 5 aliphatic carbocycles. The molecule has 6 rings (SSSR count). The van der Waals surface area contributed by atoms with Crippen molar-refractivity contribution in [1.82, 2.24) is 0 Å². The molecule has 1 aliphatic heterocycles. The Labute approximate surface area is 294 Å². The van der Waals surface area contributed by atoms with Crippen molar-refractivity contribution in [2.75, 3.05) is 13.7 Å². The minimum atomic E-state index is -5.00. The van der Waals surface area contributed by atoms with Gasteiger partial charge in [0.1, 0.15) is 6.10 Å². The number of rotatable bonds is 7. The highest BCUT2D eigenvalue weighted by Gasteiger charge is 2.70. The van der Waals surface area contributed by atoms with E-state index < -0.39 is 66.5 Å². The van der Waals surface area contributed by atoms with Crippen molar-refractivity contribution in [3.8, 4) is 0 Å². The molecule has 12 nitrogen and oxygen atoms in total. The van der Waals surface area contributed by atoms with Crippen LogP contribution in [0.25, 0.3) is 0 Å². The molecule has 0 aromatic heterocycles. The van der Waals surface area contributed by atoms with E-state index in [9.17, 15) is 39.2 Å². The Bertz CT molecular complexity index is 1580. The lowest BCUT2D eigenvalue weighted by Crippen LogP contribution is -2.66. The lowest BCUT2D eigenvalue weighted by molar-refractivity contribution is -0.201. The van der Waals surface area contributed by atoms with Crippen LogP contribution < -0.4 is 0 Å². The van der Waals surface area contributed by atoms with Gasteiger partial charge in [-0.25, -0.2) is 9.36 Å². The first-order chi connectivity index (χ1) is 23.0. The quantitative estimate of drug-likeness (QED) is 0.186. The molecule has 0 aromatic rings. The number of cyclic esters (lactones) is 1. The zero-order valence-electron chi connectivity index (χ0n) is 30.6. The van der Waals surface area contributed by atoms with E-state index in [-0.39, 0.29) is 45.8 Å². The Kier molecular flexibility index (Phi) is 8.92. The van der Waals surface area contributed by atoms with Crippen LogP contribution in [0.5, 0.6) is 0 Å². The number of carbonyl (C=O) groups excluding carboxylic acids is 3. The zero-order chi connectivity index (χ0) is 37.0. The smallest absolute Gasteiger partial charge is 0.505 e. The van der Waals surface area contributed by atoms with Crippen LogP contribution in [-0.4, -0.2) is 70.0 Å². The van der Waals surface area contributed by atoms with E-state index in [0.29, 0.717) is 19.3 Å². The van der Waals surface area contributed by atoms with Gasteiger partial charge in [-0.3, -0.25) is 19.0 Å². The topological polar surface area (TPSA) is 186 Å². The second-order valence-electron chi connectivity index (χ2n) is 18.0. The Morgan fingerprint density at radius 1 is 1.02 bits per heavy atom. The Balaban J connectivity index is 1.28. The van der Waals surface area contributed by atoms with Gasteiger partial charge in [-0.1, -0.05) is 47.1 Å². The van der Waals surface area contributed by atoms with Crippen molar-refractivity contribution < 1.29 is 57.7 Å². The van der Waals surface area contributed by atoms with Gasteiger partial charge < -0.3 is 29.3 Å². The van der Waals surface area contributed by atoms with Crippen LogP contribution in [0.4, 0.5) is 0 Å². The van der Waals surface area contributed by atoms with Crippen molar-refractivity contribution in [2.24, 2.45) is 50.2 Å². The number of methoxy groups -OCH3 is 1. The molecule has 280 valence electrons. The molecule has 0 amide bonds. The van der Waals surface area contributed by atoms with Crippen molar-refractivity contribution in [2.45, 2.75) is 125 Å². The lowest BCUT2D eigenvalue weighted by Gasteiger charge is -2.70. The van der Waals surface area contributed by atoms with E-state index in [0.717, 1.165) is 38.5 Å². The number of allylic oxidation sites excluding steroid dienone is 2. The van der Waals surface area contributed by atoms with E-state index in [2.05, 4.69) is 27.7 Å². The number of phosphoric acid groups is 1. The molecule has 0 saturated heterocycles. The van der Waals surface area contributed by atoms with E-state index in [1.165, 1.54) is 12.7 Å². The lowest BCUT2D eigenvalue weighted by atomic mass is 9.33. The molecule has 4 N–H and O–H groups in total. The maximum atomic E-state index is 14.7.